The fraction of sp³-hybridized carbons (Fsp3) is 0.292. The molecule has 5 heteroatoms. The van der Waals surface area contributed by atoms with Crippen LogP contribution >= 0.6 is 0 Å². The van der Waals surface area contributed by atoms with Crippen LogP contribution in [0.25, 0.3) is 10.8 Å². The monoisotopic (exact) mass is 392 g/mol. The summed E-state index contributed by atoms with van der Waals surface area (Å²) in [6.07, 6.45) is -0.522. The van der Waals surface area contributed by atoms with E-state index in [2.05, 4.69) is 12.1 Å². The zero-order valence-electron chi connectivity index (χ0n) is 17.2. The first-order valence-corrected chi connectivity index (χ1v) is 9.75. The van der Waals surface area contributed by atoms with Gasteiger partial charge in [-0.1, -0.05) is 36.4 Å². The molecule has 0 aliphatic carbocycles. The molecule has 0 heterocycles. The maximum atomic E-state index is 12.8. The quantitative estimate of drug-likeness (QED) is 0.635. The Balaban J connectivity index is 1.69. The van der Waals surface area contributed by atoms with Crippen LogP contribution in [0.5, 0.6) is 5.75 Å². The number of carbonyl (C=O) groups is 1. The molecule has 1 atom stereocenters. The molecule has 0 aromatic heterocycles. The largest absolute Gasteiger partial charge is 0.497 e. The highest BCUT2D eigenvalue weighted by Gasteiger charge is 2.17. The number of amides is 1. The number of aliphatic hydroxyl groups is 1. The summed E-state index contributed by atoms with van der Waals surface area (Å²) in [5, 5.41) is 12.1. The van der Waals surface area contributed by atoms with Gasteiger partial charge in [-0.3, -0.25) is 4.79 Å². The van der Waals surface area contributed by atoms with Crippen molar-refractivity contribution >= 4 is 22.4 Å². The maximum absolute atomic E-state index is 12.8. The highest BCUT2D eigenvalue weighted by atomic mass is 16.5. The van der Waals surface area contributed by atoms with E-state index in [1.54, 1.807) is 18.9 Å². The summed E-state index contributed by atoms with van der Waals surface area (Å²) in [6, 6.07) is 21.9. The van der Waals surface area contributed by atoms with E-state index in [1.165, 1.54) is 0 Å². The van der Waals surface area contributed by atoms with Gasteiger partial charge in [-0.05, 0) is 53.6 Å². The lowest BCUT2D eigenvalue weighted by Gasteiger charge is -2.28. The lowest BCUT2D eigenvalue weighted by atomic mass is 10.1. The number of benzene rings is 3. The normalized spacial score (nSPS) is 11.9. The van der Waals surface area contributed by atoms with E-state index in [9.17, 15) is 9.90 Å². The summed E-state index contributed by atoms with van der Waals surface area (Å²) in [5.41, 5.74) is 2.00. The predicted molar refractivity (Wildman–Crippen MR) is 117 cm³/mol. The molecule has 3 aromatic rings. The predicted octanol–water partition coefficient (Wildman–Crippen LogP) is 3.69. The molecule has 29 heavy (non-hydrogen) atoms. The maximum Gasteiger partial charge on any atom is 0.242 e. The number of hydrogen-bond donors (Lipinski definition) is 1. The van der Waals surface area contributed by atoms with Crippen molar-refractivity contribution in [1.82, 2.24) is 4.90 Å². The lowest BCUT2D eigenvalue weighted by molar-refractivity contribution is -0.129. The summed E-state index contributed by atoms with van der Waals surface area (Å²) in [4.78, 5) is 16.5. The van der Waals surface area contributed by atoms with Crippen LogP contribution in [0.3, 0.4) is 0 Å². The molecule has 0 bridgehead atoms. The highest BCUT2D eigenvalue weighted by molar-refractivity contribution is 5.85. The third-order valence-electron chi connectivity index (χ3n) is 4.89. The molecule has 0 fully saturated rings. The van der Waals surface area contributed by atoms with Crippen molar-refractivity contribution in [3.8, 4) is 5.75 Å². The second-order valence-corrected chi connectivity index (χ2v) is 7.36. The third kappa shape index (κ3) is 5.48. The summed E-state index contributed by atoms with van der Waals surface area (Å²) in [7, 11) is 3.47. The molecule has 0 unspecified atom stereocenters. The van der Waals surface area contributed by atoms with Crippen LogP contribution in [0.2, 0.25) is 0 Å². The van der Waals surface area contributed by atoms with Gasteiger partial charge in [-0.25, -0.2) is 0 Å². The second kappa shape index (κ2) is 9.43. The number of carbonyl (C=O) groups excluding carboxylic acids is 1. The molecule has 152 valence electrons. The fourth-order valence-electron chi connectivity index (χ4n) is 3.36. The Morgan fingerprint density at radius 1 is 1.03 bits per heavy atom. The minimum Gasteiger partial charge on any atom is -0.497 e. The summed E-state index contributed by atoms with van der Waals surface area (Å²) < 4.78 is 5.27. The highest BCUT2D eigenvalue weighted by Crippen LogP contribution is 2.22. The Bertz CT molecular complexity index is 957. The Hall–Kier alpha value is -3.05. The number of rotatable bonds is 8. The van der Waals surface area contributed by atoms with Gasteiger partial charge in [0.2, 0.25) is 5.91 Å². The topological polar surface area (TPSA) is 53.0 Å². The van der Waals surface area contributed by atoms with Gasteiger partial charge in [-0.15, -0.1) is 0 Å². The van der Waals surface area contributed by atoms with E-state index in [4.69, 9.17) is 4.74 Å². The molecule has 1 N–H and O–H groups in total. The Labute approximate surface area is 172 Å². The molecule has 3 aromatic carbocycles. The summed E-state index contributed by atoms with van der Waals surface area (Å²) in [6.45, 7) is 2.88. The van der Waals surface area contributed by atoms with Crippen LogP contribution in [0.1, 0.15) is 12.5 Å². The number of ether oxygens (including phenoxy) is 1. The zero-order chi connectivity index (χ0) is 20.8. The number of para-hydroxylation sites is 1. The van der Waals surface area contributed by atoms with Gasteiger partial charge in [0.25, 0.3) is 0 Å². The molecule has 3 rings (SSSR count). The van der Waals surface area contributed by atoms with Crippen LogP contribution in [0, 0.1) is 0 Å². The SMILES string of the molecule is COc1ccc2cc(CN(C)C(=O)CN(C[C@H](C)O)c3ccccc3)ccc2c1. The number of methoxy groups -OCH3 is 1. The van der Waals surface area contributed by atoms with E-state index in [0.717, 1.165) is 27.8 Å². The molecule has 1 amide bonds. The van der Waals surface area contributed by atoms with Gasteiger partial charge in [0.1, 0.15) is 5.75 Å². The average molecular weight is 392 g/mol. The number of nitrogens with zero attached hydrogens (tertiary/aromatic N) is 2. The van der Waals surface area contributed by atoms with Crippen molar-refractivity contribution in [2.75, 3.05) is 32.1 Å². The molecular weight excluding hydrogens is 364 g/mol. The van der Waals surface area contributed by atoms with Crippen molar-refractivity contribution in [3.05, 3.63) is 72.3 Å². The van der Waals surface area contributed by atoms with Gasteiger partial charge in [0.05, 0.1) is 19.8 Å². The molecule has 0 aliphatic rings. The lowest BCUT2D eigenvalue weighted by Crippen LogP contribution is -2.41. The van der Waals surface area contributed by atoms with E-state index in [-0.39, 0.29) is 12.5 Å². The van der Waals surface area contributed by atoms with Gasteiger partial charge < -0.3 is 19.6 Å². The minimum atomic E-state index is -0.522. The Morgan fingerprint density at radius 3 is 2.41 bits per heavy atom. The summed E-state index contributed by atoms with van der Waals surface area (Å²) in [5.74, 6) is 0.834. The molecule has 0 spiro atoms. The van der Waals surface area contributed by atoms with E-state index >= 15 is 0 Å². The molecular formula is C24H28N2O3. The van der Waals surface area contributed by atoms with Crippen molar-refractivity contribution < 1.29 is 14.6 Å². The van der Waals surface area contributed by atoms with Gasteiger partial charge in [0, 0.05) is 25.8 Å². The first kappa shape index (κ1) is 20.7. The van der Waals surface area contributed by atoms with Crippen LogP contribution in [-0.2, 0) is 11.3 Å². The summed E-state index contributed by atoms with van der Waals surface area (Å²) >= 11 is 0. The number of fused-ring (bicyclic) bond motifs is 1. The van der Waals surface area contributed by atoms with Crippen molar-refractivity contribution in [3.63, 3.8) is 0 Å². The smallest absolute Gasteiger partial charge is 0.242 e. The van der Waals surface area contributed by atoms with Gasteiger partial charge >= 0.3 is 0 Å². The van der Waals surface area contributed by atoms with Gasteiger partial charge in [-0.2, -0.15) is 0 Å². The van der Waals surface area contributed by atoms with E-state index in [0.29, 0.717) is 13.1 Å². The molecule has 0 saturated carbocycles. The molecule has 0 aliphatic heterocycles. The minimum absolute atomic E-state index is 0.00401. The van der Waals surface area contributed by atoms with Crippen LogP contribution in [0.4, 0.5) is 5.69 Å². The first-order valence-electron chi connectivity index (χ1n) is 9.75. The van der Waals surface area contributed by atoms with Crippen LogP contribution in [-0.4, -0.2) is 49.3 Å². The van der Waals surface area contributed by atoms with E-state index < -0.39 is 6.10 Å². The average Bonchev–Trinajstić information content (AvgIpc) is 2.73. The standard InChI is InChI=1S/C24H28N2O3/c1-18(27)15-26(22-7-5-4-6-8-22)17-24(28)25(2)16-19-9-10-21-14-23(29-3)12-11-20(21)13-19/h4-14,18,27H,15-17H2,1-3H3/t18-/m0/s1. The second-order valence-electron chi connectivity index (χ2n) is 7.36. The van der Waals surface area contributed by atoms with E-state index in [1.807, 2.05) is 66.5 Å². The number of likely N-dealkylation sites (N-methyl/N-ethyl adjacent to an activating group) is 1. The van der Waals surface area contributed by atoms with Crippen LogP contribution < -0.4 is 9.64 Å². The van der Waals surface area contributed by atoms with Crippen molar-refractivity contribution in [2.45, 2.75) is 19.6 Å². The molecule has 5 nitrogen and oxygen atoms in total. The third-order valence-corrected chi connectivity index (χ3v) is 4.89. The number of aliphatic hydroxyl groups excluding tert-OH is 1. The fourth-order valence-corrected chi connectivity index (χ4v) is 3.36. The Morgan fingerprint density at radius 2 is 1.72 bits per heavy atom. The number of anilines is 1. The Kier molecular flexibility index (Phi) is 6.73. The van der Waals surface area contributed by atoms with Gasteiger partial charge in [0.15, 0.2) is 0 Å². The zero-order valence-corrected chi connectivity index (χ0v) is 17.2. The van der Waals surface area contributed by atoms with Crippen molar-refractivity contribution in [1.29, 1.82) is 0 Å². The van der Waals surface area contributed by atoms with Crippen molar-refractivity contribution in [2.24, 2.45) is 0 Å². The first-order chi connectivity index (χ1) is 14.0. The molecule has 0 radical (unpaired) electrons. The van der Waals surface area contributed by atoms with Crippen LogP contribution in [0.15, 0.2) is 66.7 Å². The number of hydrogen-bond acceptors (Lipinski definition) is 4. The molecule has 0 saturated heterocycles.